The van der Waals surface area contributed by atoms with Gasteiger partial charge in [-0.25, -0.2) is 4.39 Å². The van der Waals surface area contributed by atoms with Crippen LogP contribution in [0.4, 0.5) is 4.39 Å². The zero-order valence-corrected chi connectivity index (χ0v) is 11.0. The summed E-state index contributed by atoms with van der Waals surface area (Å²) < 4.78 is 13.4. The zero-order chi connectivity index (χ0) is 12.4. The number of rotatable bonds is 4. The molecular weight excluding hydrogens is 213 g/mol. The third-order valence-corrected chi connectivity index (χ3v) is 4.00. The van der Waals surface area contributed by atoms with Crippen molar-refractivity contribution in [2.75, 3.05) is 6.54 Å². The monoisotopic (exact) mass is 235 g/mol. The molecule has 1 aromatic rings. The van der Waals surface area contributed by atoms with Gasteiger partial charge in [-0.05, 0) is 54.5 Å². The first-order valence-electron chi connectivity index (χ1n) is 6.71. The van der Waals surface area contributed by atoms with Crippen LogP contribution in [0.3, 0.4) is 0 Å². The fourth-order valence-corrected chi connectivity index (χ4v) is 3.14. The highest BCUT2D eigenvalue weighted by molar-refractivity contribution is 5.39. The summed E-state index contributed by atoms with van der Waals surface area (Å²) in [4.78, 5) is 0. The van der Waals surface area contributed by atoms with E-state index in [1.165, 1.54) is 11.1 Å². The summed E-state index contributed by atoms with van der Waals surface area (Å²) >= 11 is 0. The fraction of sp³-hybridized carbons (Fsp3) is 0.600. The lowest BCUT2D eigenvalue weighted by Crippen LogP contribution is -2.25. The molecule has 1 aromatic carbocycles. The summed E-state index contributed by atoms with van der Waals surface area (Å²) in [6.07, 6.45) is 2.24. The fourth-order valence-electron chi connectivity index (χ4n) is 3.14. The summed E-state index contributed by atoms with van der Waals surface area (Å²) in [5.41, 5.74) is 2.52. The smallest absolute Gasteiger partial charge is 0.123 e. The van der Waals surface area contributed by atoms with Crippen molar-refractivity contribution in [2.24, 2.45) is 5.92 Å². The van der Waals surface area contributed by atoms with Gasteiger partial charge in [-0.3, -0.25) is 0 Å². The molecular formula is C15H22FN. The second kappa shape index (κ2) is 5.18. The van der Waals surface area contributed by atoms with E-state index in [9.17, 15) is 4.39 Å². The van der Waals surface area contributed by atoms with Gasteiger partial charge in [-0.2, -0.15) is 0 Å². The van der Waals surface area contributed by atoms with Gasteiger partial charge < -0.3 is 5.32 Å². The number of hydrogen-bond donors (Lipinski definition) is 1. The van der Waals surface area contributed by atoms with Gasteiger partial charge in [0.25, 0.3) is 0 Å². The van der Waals surface area contributed by atoms with Gasteiger partial charge in [-0.1, -0.05) is 26.8 Å². The minimum atomic E-state index is -0.115. The van der Waals surface area contributed by atoms with Gasteiger partial charge >= 0.3 is 0 Å². The minimum Gasteiger partial charge on any atom is -0.310 e. The van der Waals surface area contributed by atoms with E-state index in [0.29, 0.717) is 17.9 Å². The van der Waals surface area contributed by atoms with E-state index in [1.54, 1.807) is 12.1 Å². The predicted molar refractivity (Wildman–Crippen MR) is 69.6 cm³/mol. The first-order valence-corrected chi connectivity index (χ1v) is 6.71. The first-order chi connectivity index (χ1) is 8.19. The minimum absolute atomic E-state index is 0.115. The van der Waals surface area contributed by atoms with Crippen LogP contribution < -0.4 is 5.32 Å². The summed E-state index contributed by atoms with van der Waals surface area (Å²) in [5, 5.41) is 3.56. The molecule has 94 valence electrons. The van der Waals surface area contributed by atoms with Crippen molar-refractivity contribution in [1.82, 2.24) is 5.32 Å². The van der Waals surface area contributed by atoms with Gasteiger partial charge in [0.2, 0.25) is 0 Å². The Kier molecular flexibility index (Phi) is 3.82. The van der Waals surface area contributed by atoms with Crippen molar-refractivity contribution in [3.05, 3.63) is 35.1 Å². The van der Waals surface area contributed by atoms with E-state index >= 15 is 0 Å². The van der Waals surface area contributed by atoms with E-state index in [-0.39, 0.29) is 5.82 Å². The molecule has 0 saturated carbocycles. The van der Waals surface area contributed by atoms with Gasteiger partial charge in [0.15, 0.2) is 0 Å². The van der Waals surface area contributed by atoms with Crippen LogP contribution >= 0.6 is 0 Å². The molecule has 0 fully saturated rings. The van der Waals surface area contributed by atoms with E-state index < -0.39 is 0 Å². The molecule has 3 unspecified atom stereocenters. The molecule has 1 aliphatic rings. The van der Waals surface area contributed by atoms with Crippen molar-refractivity contribution < 1.29 is 4.39 Å². The molecule has 0 spiro atoms. The Hall–Kier alpha value is -0.890. The maximum Gasteiger partial charge on any atom is 0.123 e. The summed E-state index contributed by atoms with van der Waals surface area (Å²) in [6, 6.07) is 5.61. The molecule has 0 aromatic heterocycles. The van der Waals surface area contributed by atoms with Crippen LogP contribution in [0.1, 0.15) is 56.7 Å². The standard InChI is InChI=1S/C15H22FN/c1-4-8-17-15-10(3)12(5-2)13-7-6-11(16)9-14(13)15/h6-7,9-10,12,15,17H,4-5,8H2,1-3H3. The average Bonchev–Trinajstić information content (AvgIpc) is 2.58. The van der Waals surface area contributed by atoms with E-state index in [0.717, 1.165) is 19.4 Å². The van der Waals surface area contributed by atoms with Crippen LogP contribution in [0.15, 0.2) is 18.2 Å². The van der Waals surface area contributed by atoms with Gasteiger partial charge in [0.05, 0.1) is 0 Å². The van der Waals surface area contributed by atoms with E-state index in [2.05, 4.69) is 26.1 Å². The Bertz CT molecular complexity index is 389. The molecule has 0 aliphatic heterocycles. The predicted octanol–water partition coefficient (Wildman–Crippen LogP) is 4.01. The maximum absolute atomic E-state index is 13.4. The van der Waals surface area contributed by atoms with Crippen LogP contribution in [0.2, 0.25) is 0 Å². The molecule has 0 heterocycles. The number of benzene rings is 1. The van der Waals surface area contributed by atoms with Gasteiger partial charge in [-0.15, -0.1) is 0 Å². The Labute approximate surface area is 103 Å². The van der Waals surface area contributed by atoms with Crippen molar-refractivity contribution in [2.45, 2.75) is 45.6 Å². The van der Waals surface area contributed by atoms with E-state index in [4.69, 9.17) is 0 Å². The summed E-state index contributed by atoms with van der Waals surface area (Å²) in [6.45, 7) is 7.66. The Morgan fingerprint density at radius 3 is 2.65 bits per heavy atom. The lowest BCUT2D eigenvalue weighted by atomic mass is 9.90. The molecule has 1 N–H and O–H groups in total. The van der Waals surface area contributed by atoms with E-state index in [1.807, 2.05) is 6.07 Å². The third-order valence-electron chi connectivity index (χ3n) is 4.00. The SMILES string of the molecule is CCCNC1c2cc(F)ccc2C(CC)C1C. The Morgan fingerprint density at radius 2 is 2.00 bits per heavy atom. The van der Waals surface area contributed by atoms with Crippen LogP contribution in [-0.4, -0.2) is 6.54 Å². The van der Waals surface area contributed by atoms with Crippen molar-refractivity contribution in [3.8, 4) is 0 Å². The van der Waals surface area contributed by atoms with Crippen LogP contribution in [-0.2, 0) is 0 Å². The van der Waals surface area contributed by atoms with Crippen LogP contribution in [0.5, 0.6) is 0 Å². The normalized spacial score (nSPS) is 27.2. The molecule has 2 heteroatoms. The highest BCUT2D eigenvalue weighted by atomic mass is 19.1. The first kappa shape index (κ1) is 12.6. The molecule has 0 saturated heterocycles. The third kappa shape index (κ3) is 2.23. The molecule has 1 aliphatic carbocycles. The molecule has 17 heavy (non-hydrogen) atoms. The lowest BCUT2D eigenvalue weighted by molar-refractivity contribution is 0.362. The topological polar surface area (TPSA) is 12.0 Å². The number of fused-ring (bicyclic) bond motifs is 1. The van der Waals surface area contributed by atoms with Gasteiger partial charge in [0.1, 0.15) is 5.82 Å². The molecule has 0 radical (unpaired) electrons. The van der Waals surface area contributed by atoms with Crippen LogP contribution in [0, 0.1) is 11.7 Å². The Balaban J connectivity index is 2.33. The quantitative estimate of drug-likeness (QED) is 0.831. The second-order valence-electron chi connectivity index (χ2n) is 5.08. The molecule has 3 atom stereocenters. The second-order valence-corrected chi connectivity index (χ2v) is 5.08. The van der Waals surface area contributed by atoms with Crippen molar-refractivity contribution in [1.29, 1.82) is 0 Å². The maximum atomic E-state index is 13.4. The largest absolute Gasteiger partial charge is 0.310 e. The zero-order valence-electron chi connectivity index (χ0n) is 11.0. The van der Waals surface area contributed by atoms with Crippen LogP contribution in [0.25, 0.3) is 0 Å². The Morgan fingerprint density at radius 1 is 1.24 bits per heavy atom. The highest BCUT2D eigenvalue weighted by Crippen LogP contribution is 2.46. The molecule has 2 rings (SSSR count). The molecule has 0 amide bonds. The summed E-state index contributed by atoms with van der Waals surface area (Å²) in [7, 11) is 0. The molecule has 0 bridgehead atoms. The summed E-state index contributed by atoms with van der Waals surface area (Å²) in [5.74, 6) is 1.01. The van der Waals surface area contributed by atoms with Crippen molar-refractivity contribution >= 4 is 0 Å². The molecule has 1 nitrogen and oxygen atoms in total. The number of nitrogens with one attached hydrogen (secondary N) is 1. The van der Waals surface area contributed by atoms with Gasteiger partial charge in [0, 0.05) is 6.04 Å². The number of halogens is 1. The number of hydrogen-bond acceptors (Lipinski definition) is 1. The lowest BCUT2D eigenvalue weighted by Gasteiger charge is -2.21. The highest BCUT2D eigenvalue weighted by Gasteiger charge is 2.36. The van der Waals surface area contributed by atoms with Crippen molar-refractivity contribution in [3.63, 3.8) is 0 Å². The average molecular weight is 235 g/mol.